The Balaban J connectivity index is 2.95. The van der Waals surface area contributed by atoms with E-state index in [1.165, 1.54) is 0 Å². The van der Waals surface area contributed by atoms with Crippen LogP contribution in [0.2, 0.25) is 0 Å². The lowest BCUT2D eigenvalue weighted by Gasteiger charge is -2.35. The first-order valence-electron chi connectivity index (χ1n) is 6.65. The van der Waals surface area contributed by atoms with Crippen molar-refractivity contribution < 1.29 is 14.5 Å². The van der Waals surface area contributed by atoms with Gasteiger partial charge < -0.3 is 9.66 Å². The molecule has 20 heavy (non-hydrogen) atoms. The van der Waals surface area contributed by atoms with Gasteiger partial charge in [-0.25, -0.2) is 0 Å². The van der Waals surface area contributed by atoms with Crippen LogP contribution in [0.1, 0.15) is 45.2 Å². The maximum atomic E-state index is 12.5. The number of carbonyl (C=O) groups is 1. The molecule has 1 aromatic rings. The molecule has 0 amide bonds. The van der Waals surface area contributed by atoms with Crippen LogP contribution in [0.4, 0.5) is 0 Å². The van der Waals surface area contributed by atoms with Crippen molar-refractivity contribution in [3.8, 4) is 0 Å². The number of carboxylic acids is 1. The Labute approximate surface area is 124 Å². The minimum Gasteiger partial charge on any atom is -0.597 e. The van der Waals surface area contributed by atoms with E-state index in [4.69, 9.17) is 5.11 Å². The first-order valence-corrected chi connectivity index (χ1v) is 7.75. The first-order chi connectivity index (χ1) is 9.23. The fourth-order valence-electron chi connectivity index (χ4n) is 2.04. The van der Waals surface area contributed by atoms with E-state index in [1.54, 1.807) is 11.4 Å². The Kier molecular flexibility index (Phi) is 6.05. The lowest BCUT2D eigenvalue weighted by Crippen LogP contribution is -2.42. The zero-order valence-corrected chi connectivity index (χ0v) is 13.3. The molecule has 0 aliphatic rings. The van der Waals surface area contributed by atoms with Gasteiger partial charge in [-0.05, 0) is 32.8 Å². The van der Waals surface area contributed by atoms with E-state index >= 15 is 0 Å². The van der Waals surface area contributed by atoms with Crippen molar-refractivity contribution in [2.45, 2.75) is 44.4 Å². The summed E-state index contributed by atoms with van der Waals surface area (Å²) in [6.45, 7) is 5.75. The average molecular weight is 297 g/mol. The van der Waals surface area contributed by atoms with Gasteiger partial charge in [-0.15, -0.1) is 4.31 Å². The summed E-state index contributed by atoms with van der Waals surface area (Å²) in [6, 6.07) is 9.48. The van der Waals surface area contributed by atoms with Crippen LogP contribution in [-0.4, -0.2) is 31.7 Å². The molecule has 2 atom stereocenters. The van der Waals surface area contributed by atoms with Gasteiger partial charge >= 0.3 is 5.97 Å². The van der Waals surface area contributed by atoms with Crippen molar-refractivity contribution in [1.29, 1.82) is 0 Å². The Morgan fingerprint density at radius 2 is 1.90 bits per heavy atom. The third-order valence-corrected chi connectivity index (χ3v) is 4.87. The molecule has 0 heterocycles. The van der Waals surface area contributed by atoms with E-state index in [2.05, 4.69) is 0 Å². The molecule has 0 fully saturated rings. The quantitative estimate of drug-likeness (QED) is 0.820. The van der Waals surface area contributed by atoms with Crippen molar-refractivity contribution >= 4 is 17.3 Å². The van der Waals surface area contributed by atoms with E-state index < -0.39 is 17.3 Å². The van der Waals surface area contributed by atoms with Gasteiger partial charge in [-0.1, -0.05) is 30.3 Å². The number of carboxylic acid groups (broad SMARTS) is 1. The molecule has 0 saturated heterocycles. The van der Waals surface area contributed by atoms with Gasteiger partial charge in [0.2, 0.25) is 0 Å². The summed E-state index contributed by atoms with van der Waals surface area (Å²) in [5.41, 5.74) is 0.994. The van der Waals surface area contributed by atoms with Crippen molar-refractivity contribution in [3.05, 3.63) is 35.9 Å². The molecule has 1 unspecified atom stereocenters. The molecular weight excluding hydrogens is 274 g/mol. The maximum absolute atomic E-state index is 12.5. The number of rotatable bonds is 6. The molecule has 0 aliphatic heterocycles. The third kappa shape index (κ3) is 4.81. The summed E-state index contributed by atoms with van der Waals surface area (Å²) in [6.07, 6.45) is 0.503. The summed E-state index contributed by atoms with van der Waals surface area (Å²) >= 11 is -1.19. The fourth-order valence-corrected chi connectivity index (χ4v) is 3.36. The predicted octanol–water partition coefficient (Wildman–Crippen LogP) is 2.99. The van der Waals surface area contributed by atoms with Crippen LogP contribution in [0.5, 0.6) is 0 Å². The van der Waals surface area contributed by atoms with E-state index in [0.29, 0.717) is 6.42 Å². The number of hydrogen-bond acceptors (Lipinski definition) is 3. The van der Waals surface area contributed by atoms with Gasteiger partial charge in [-0.3, -0.25) is 4.79 Å². The molecule has 5 heteroatoms. The normalized spacial score (nSPS) is 15.1. The molecule has 4 nitrogen and oxygen atoms in total. The second-order valence-electron chi connectivity index (χ2n) is 5.77. The minimum atomic E-state index is -1.19. The number of nitrogens with zero attached hydrogens (tertiary/aromatic N) is 1. The van der Waals surface area contributed by atoms with Crippen LogP contribution in [-0.2, 0) is 16.2 Å². The largest absolute Gasteiger partial charge is 0.597 e. The first kappa shape index (κ1) is 17.0. The van der Waals surface area contributed by atoms with E-state index in [-0.39, 0.29) is 17.2 Å². The zero-order chi connectivity index (χ0) is 15.3. The van der Waals surface area contributed by atoms with E-state index in [1.807, 2.05) is 51.1 Å². The minimum absolute atomic E-state index is 0.0608. The molecule has 0 aromatic heterocycles. The topological polar surface area (TPSA) is 63.6 Å². The van der Waals surface area contributed by atoms with Crippen LogP contribution in [0.25, 0.3) is 0 Å². The highest BCUT2D eigenvalue weighted by Gasteiger charge is 2.35. The second-order valence-corrected chi connectivity index (χ2v) is 8.07. The molecule has 0 spiro atoms. The van der Waals surface area contributed by atoms with Gasteiger partial charge in [0.25, 0.3) is 0 Å². The highest BCUT2D eigenvalue weighted by atomic mass is 32.2. The number of aliphatic carboxylic acids is 1. The Bertz CT molecular complexity index is 430. The summed E-state index contributed by atoms with van der Waals surface area (Å²) in [5, 5.41) is 8.90. The molecule has 1 aromatic carbocycles. The van der Waals surface area contributed by atoms with Gasteiger partial charge in [0.05, 0.1) is 6.04 Å². The van der Waals surface area contributed by atoms with Crippen molar-refractivity contribution in [2.75, 3.05) is 7.05 Å². The Morgan fingerprint density at radius 3 is 2.35 bits per heavy atom. The van der Waals surface area contributed by atoms with Crippen LogP contribution < -0.4 is 0 Å². The average Bonchev–Trinajstić information content (AvgIpc) is 2.37. The number of hydrogen-bond donors (Lipinski definition) is 1. The second kappa shape index (κ2) is 7.11. The SMILES string of the molecule is CN([C@H](CCC(=O)O)c1ccccc1)[S+]([O-])C(C)(C)C. The highest BCUT2D eigenvalue weighted by molar-refractivity contribution is 7.90. The maximum Gasteiger partial charge on any atom is 0.303 e. The lowest BCUT2D eigenvalue weighted by atomic mass is 10.0. The zero-order valence-electron chi connectivity index (χ0n) is 12.5. The predicted molar refractivity (Wildman–Crippen MR) is 81.7 cm³/mol. The lowest BCUT2D eigenvalue weighted by molar-refractivity contribution is -0.137. The van der Waals surface area contributed by atoms with Gasteiger partial charge in [0.15, 0.2) is 0 Å². The summed E-state index contributed by atoms with van der Waals surface area (Å²) < 4.78 is 13.9. The van der Waals surface area contributed by atoms with Crippen LogP contribution in [0, 0.1) is 0 Å². The highest BCUT2D eigenvalue weighted by Crippen LogP contribution is 2.31. The molecular formula is C15H23NO3S. The molecule has 0 bridgehead atoms. The van der Waals surface area contributed by atoms with Crippen molar-refractivity contribution in [2.24, 2.45) is 0 Å². The van der Waals surface area contributed by atoms with Crippen LogP contribution in [0.3, 0.4) is 0 Å². The molecule has 0 radical (unpaired) electrons. The van der Waals surface area contributed by atoms with Crippen LogP contribution >= 0.6 is 0 Å². The summed E-state index contributed by atoms with van der Waals surface area (Å²) in [5.74, 6) is -0.833. The fraction of sp³-hybridized carbons (Fsp3) is 0.533. The van der Waals surface area contributed by atoms with Crippen molar-refractivity contribution in [3.63, 3.8) is 0 Å². The summed E-state index contributed by atoms with van der Waals surface area (Å²) in [7, 11) is 1.79. The van der Waals surface area contributed by atoms with Gasteiger partial charge in [0.1, 0.15) is 4.75 Å². The third-order valence-electron chi connectivity index (χ3n) is 3.04. The Morgan fingerprint density at radius 1 is 1.35 bits per heavy atom. The molecule has 1 rings (SSSR count). The molecule has 0 saturated carbocycles. The van der Waals surface area contributed by atoms with Crippen molar-refractivity contribution in [1.82, 2.24) is 4.31 Å². The molecule has 112 valence electrons. The monoisotopic (exact) mass is 297 g/mol. The van der Waals surface area contributed by atoms with E-state index in [9.17, 15) is 9.35 Å². The smallest absolute Gasteiger partial charge is 0.303 e. The number of benzene rings is 1. The van der Waals surface area contributed by atoms with E-state index in [0.717, 1.165) is 5.56 Å². The summed E-state index contributed by atoms with van der Waals surface area (Å²) in [4.78, 5) is 10.8. The molecule has 1 N–H and O–H groups in total. The Hall–Kier alpha value is -1.04. The van der Waals surface area contributed by atoms with Gasteiger partial charge in [0, 0.05) is 24.8 Å². The standard InChI is InChI=1S/C15H23NO3S/c1-15(2,3)20(19)16(4)13(10-11-14(17)18)12-8-6-5-7-9-12/h5-9,13H,10-11H2,1-4H3,(H,17,18)/t13-,20?/m1/s1. The van der Waals surface area contributed by atoms with Gasteiger partial charge in [-0.2, -0.15) is 0 Å². The molecule has 0 aliphatic carbocycles. The van der Waals surface area contributed by atoms with Crippen LogP contribution in [0.15, 0.2) is 30.3 Å².